The standard InChI is InChI=1S/C19H17ClFN3O4/c20-14-7-11(1-3-15(14)21)22-19(26)23-12-8-18(25)24(10-12)13-2-4-16-17(9-13)28-6-5-27-16/h1-4,7,9,12H,5-6,8,10H2,(H2,22,23,26). The topological polar surface area (TPSA) is 79.9 Å². The lowest BCUT2D eigenvalue weighted by Crippen LogP contribution is -2.39. The molecule has 3 amide bonds. The molecule has 0 radical (unpaired) electrons. The van der Waals surface area contributed by atoms with E-state index in [1.54, 1.807) is 23.1 Å². The van der Waals surface area contributed by atoms with Crippen molar-refractivity contribution in [3.63, 3.8) is 0 Å². The smallest absolute Gasteiger partial charge is 0.319 e. The maximum absolute atomic E-state index is 13.2. The summed E-state index contributed by atoms with van der Waals surface area (Å²) in [6.07, 6.45) is 0.173. The Morgan fingerprint density at radius 2 is 1.93 bits per heavy atom. The second kappa shape index (κ2) is 7.55. The van der Waals surface area contributed by atoms with Gasteiger partial charge >= 0.3 is 6.03 Å². The summed E-state index contributed by atoms with van der Waals surface area (Å²) in [6.45, 7) is 1.29. The Morgan fingerprint density at radius 3 is 2.71 bits per heavy atom. The molecule has 2 N–H and O–H groups in total. The molecule has 0 bridgehead atoms. The minimum Gasteiger partial charge on any atom is -0.486 e. The first-order valence-electron chi connectivity index (χ1n) is 8.72. The van der Waals surface area contributed by atoms with E-state index in [1.165, 1.54) is 18.2 Å². The maximum Gasteiger partial charge on any atom is 0.319 e. The van der Waals surface area contributed by atoms with E-state index in [0.717, 1.165) is 0 Å². The highest BCUT2D eigenvalue weighted by atomic mass is 35.5. The van der Waals surface area contributed by atoms with Gasteiger partial charge in [-0.1, -0.05) is 11.6 Å². The van der Waals surface area contributed by atoms with E-state index in [0.29, 0.717) is 42.6 Å². The molecule has 1 saturated heterocycles. The van der Waals surface area contributed by atoms with Gasteiger partial charge in [0.1, 0.15) is 19.0 Å². The highest BCUT2D eigenvalue weighted by Gasteiger charge is 2.32. The molecule has 2 aromatic rings. The quantitative estimate of drug-likeness (QED) is 0.822. The number of carbonyl (C=O) groups is 2. The zero-order chi connectivity index (χ0) is 19.7. The molecule has 2 aromatic carbocycles. The van der Waals surface area contributed by atoms with Crippen LogP contribution in [0, 0.1) is 5.82 Å². The summed E-state index contributed by atoms with van der Waals surface area (Å²) in [5.74, 6) is 0.573. The van der Waals surface area contributed by atoms with Crippen molar-refractivity contribution in [3.05, 3.63) is 47.2 Å². The monoisotopic (exact) mass is 405 g/mol. The van der Waals surface area contributed by atoms with Crippen LogP contribution in [0.4, 0.5) is 20.6 Å². The number of amides is 3. The van der Waals surface area contributed by atoms with Crippen molar-refractivity contribution in [2.45, 2.75) is 12.5 Å². The first kappa shape index (κ1) is 18.4. The Hall–Kier alpha value is -3.00. The van der Waals surface area contributed by atoms with Gasteiger partial charge in [0, 0.05) is 30.4 Å². The molecule has 0 aromatic heterocycles. The average molecular weight is 406 g/mol. The Labute approximate surface area is 165 Å². The summed E-state index contributed by atoms with van der Waals surface area (Å²) < 4.78 is 24.2. The van der Waals surface area contributed by atoms with Crippen LogP contribution in [0.2, 0.25) is 5.02 Å². The summed E-state index contributed by atoms with van der Waals surface area (Å²) in [5.41, 5.74) is 1.04. The van der Waals surface area contributed by atoms with Crippen LogP contribution in [-0.2, 0) is 4.79 Å². The van der Waals surface area contributed by atoms with Crippen LogP contribution in [0.25, 0.3) is 0 Å². The van der Waals surface area contributed by atoms with Crippen LogP contribution in [-0.4, -0.2) is 37.7 Å². The van der Waals surface area contributed by atoms with Gasteiger partial charge in [-0.15, -0.1) is 0 Å². The first-order chi connectivity index (χ1) is 13.5. The summed E-state index contributed by atoms with van der Waals surface area (Å²) in [7, 11) is 0. The van der Waals surface area contributed by atoms with Crippen LogP contribution in [0.3, 0.4) is 0 Å². The lowest BCUT2D eigenvalue weighted by molar-refractivity contribution is -0.117. The van der Waals surface area contributed by atoms with Crippen molar-refractivity contribution in [1.82, 2.24) is 5.32 Å². The van der Waals surface area contributed by atoms with E-state index in [4.69, 9.17) is 21.1 Å². The molecular formula is C19H17ClFN3O4. The number of fused-ring (bicyclic) bond motifs is 1. The molecule has 146 valence electrons. The molecule has 9 heteroatoms. The average Bonchev–Trinajstić information content (AvgIpc) is 3.04. The summed E-state index contributed by atoms with van der Waals surface area (Å²) in [6, 6.07) is 8.34. The largest absolute Gasteiger partial charge is 0.486 e. The van der Waals surface area contributed by atoms with Crippen LogP contribution in [0.1, 0.15) is 6.42 Å². The second-order valence-electron chi connectivity index (χ2n) is 6.46. The molecule has 1 fully saturated rings. The minimum atomic E-state index is -0.566. The molecule has 1 atom stereocenters. The second-order valence-corrected chi connectivity index (χ2v) is 6.87. The molecule has 28 heavy (non-hydrogen) atoms. The van der Waals surface area contributed by atoms with Crippen molar-refractivity contribution < 1.29 is 23.5 Å². The Kier molecular flexibility index (Phi) is 4.95. The molecule has 7 nitrogen and oxygen atoms in total. The third-order valence-corrected chi connectivity index (χ3v) is 4.76. The number of hydrogen-bond donors (Lipinski definition) is 2. The Morgan fingerprint density at radius 1 is 1.14 bits per heavy atom. The maximum atomic E-state index is 13.2. The highest BCUT2D eigenvalue weighted by Crippen LogP contribution is 2.35. The van der Waals surface area contributed by atoms with Crippen molar-refractivity contribution >= 4 is 34.9 Å². The number of ether oxygens (including phenoxy) is 2. The van der Waals surface area contributed by atoms with E-state index in [9.17, 15) is 14.0 Å². The summed E-state index contributed by atoms with van der Waals surface area (Å²) in [5, 5.41) is 5.24. The minimum absolute atomic E-state index is 0.0846. The van der Waals surface area contributed by atoms with Crippen molar-refractivity contribution in [2.75, 3.05) is 30.0 Å². The highest BCUT2D eigenvalue weighted by molar-refractivity contribution is 6.31. The Balaban J connectivity index is 1.39. The van der Waals surface area contributed by atoms with E-state index in [-0.39, 0.29) is 23.4 Å². The van der Waals surface area contributed by atoms with Gasteiger partial charge < -0.3 is 25.0 Å². The number of nitrogens with zero attached hydrogens (tertiary/aromatic N) is 1. The van der Waals surface area contributed by atoms with Gasteiger partial charge in [-0.3, -0.25) is 4.79 Å². The number of hydrogen-bond acceptors (Lipinski definition) is 4. The number of urea groups is 1. The van der Waals surface area contributed by atoms with Crippen molar-refractivity contribution in [2.24, 2.45) is 0 Å². The van der Waals surface area contributed by atoms with E-state index in [1.807, 2.05) is 0 Å². The summed E-state index contributed by atoms with van der Waals surface area (Å²) in [4.78, 5) is 26.2. The van der Waals surface area contributed by atoms with Gasteiger partial charge in [-0.25, -0.2) is 9.18 Å². The van der Waals surface area contributed by atoms with Gasteiger partial charge in [0.15, 0.2) is 11.5 Å². The fourth-order valence-corrected chi connectivity index (χ4v) is 3.36. The molecule has 0 spiro atoms. The molecule has 2 aliphatic heterocycles. The number of carbonyl (C=O) groups excluding carboxylic acids is 2. The van der Waals surface area contributed by atoms with E-state index < -0.39 is 11.8 Å². The number of halogens is 2. The predicted molar refractivity (Wildman–Crippen MR) is 102 cm³/mol. The SMILES string of the molecule is O=C(Nc1ccc(F)c(Cl)c1)NC1CC(=O)N(c2ccc3c(c2)OCCO3)C1. The van der Waals surface area contributed by atoms with Gasteiger partial charge in [-0.05, 0) is 30.3 Å². The molecule has 2 aliphatic rings. The van der Waals surface area contributed by atoms with Crippen LogP contribution in [0.15, 0.2) is 36.4 Å². The number of benzene rings is 2. The molecule has 2 heterocycles. The zero-order valence-electron chi connectivity index (χ0n) is 14.7. The number of nitrogens with one attached hydrogen (secondary N) is 2. The lowest BCUT2D eigenvalue weighted by atomic mass is 10.2. The normalized spacial score (nSPS) is 18.1. The molecule has 1 unspecified atom stereocenters. The third-order valence-electron chi connectivity index (χ3n) is 4.48. The number of rotatable bonds is 3. The molecule has 4 rings (SSSR count). The van der Waals surface area contributed by atoms with Gasteiger partial charge in [-0.2, -0.15) is 0 Å². The fourth-order valence-electron chi connectivity index (χ4n) is 3.18. The first-order valence-corrected chi connectivity index (χ1v) is 9.10. The van der Waals surface area contributed by atoms with Gasteiger partial charge in [0.25, 0.3) is 0 Å². The van der Waals surface area contributed by atoms with Gasteiger partial charge in [0.2, 0.25) is 5.91 Å². The van der Waals surface area contributed by atoms with Crippen LogP contribution < -0.4 is 25.0 Å². The van der Waals surface area contributed by atoms with Crippen molar-refractivity contribution in [1.29, 1.82) is 0 Å². The Bertz CT molecular complexity index is 939. The fraction of sp³-hybridized carbons (Fsp3) is 0.263. The molecular weight excluding hydrogens is 389 g/mol. The lowest BCUT2D eigenvalue weighted by Gasteiger charge is -2.22. The molecule has 0 saturated carbocycles. The van der Waals surface area contributed by atoms with E-state index in [2.05, 4.69) is 10.6 Å². The van der Waals surface area contributed by atoms with Crippen molar-refractivity contribution in [3.8, 4) is 11.5 Å². The van der Waals surface area contributed by atoms with E-state index >= 15 is 0 Å². The third kappa shape index (κ3) is 3.82. The summed E-state index contributed by atoms with van der Waals surface area (Å²) >= 11 is 5.71. The zero-order valence-corrected chi connectivity index (χ0v) is 15.5. The van der Waals surface area contributed by atoms with Crippen LogP contribution >= 0.6 is 11.6 Å². The van der Waals surface area contributed by atoms with Crippen LogP contribution in [0.5, 0.6) is 11.5 Å². The predicted octanol–water partition coefficient (Wildman–Crippen LogP) is 3.18. The molecule has 0 aliphatic carbocycles. The van der Waals surface area contributed by atoms with Gasteiger partial charge in [0.05, 0.1) is 11.1 Å². The number of anilines is 2.